The fraction of sp³-hybridized carbons (Fsp3) is 0.100. The largest absolute Gasteiger partial charge is 0.279 e. The molecule has 0 amide bonds. The number of hydrogen-bond donors (Lipinski definition) is 0. The summed E-state index contributed by atoms with van der Waals surface area (Å²) in [6.07, 6.45) is 6.04. The molecule has 0 fully saturated rings. The Kier molecular flexibility index (Phi) is 3.21. The molecule has 0 aromatic carbocycles. The van der Waals surface area contributed by atoms with Crippen LogP contribution in [0.25, 0.3) is 0 Å². The monoisotopic (exact) mass is 232 g/mol. The molecule has 0 radical (unpaired) electrons. The zero-order valence-electron chi connectivity index (χ0n) is 8.49. The van der Waals surface area contributed by atoms with Crippen molar-refractivity contribution in [1.82, 2.24) is 19.9 Å². The molecule has 0 saturated heterocycles. The van der Waals surface area contributed by atoms with E-state index in [-0.39, 0.29) is 5.12 Å². The first-order valence-electron chi connectivity index (χ1n) is 4.53. The Balaban J connectivity index is 2.14. The summed E-state index contributed by atoms with van der Waals surface area (Å²) in [6, 6.07) is 1.77. The third-order valence-corrected chi connectivity index (χ3v) is 2.50. The van der Waals surface area contributed by atoms with Gasteiger partial charge in [-0.05, 0) is 24.8 Å². The first kappa shape index (κ1) is 10.7. The maximum absolute atomic E-state index is 11.7. The quantitative estimate of drug-likeness (QED) is 0.577. The maximum Gasteiger partial charge on any atom is 0.247 e. The Morgan fingerprint density at radius 3 is 2.81 bits per heavy atom. The van der Waals surface area contributed by atoms with Gasteiger partial charge in [-0.15, -0.1) is 0 Å². The van der Waals surface area contributed by atoms with Crippen LogP contribution in [0.4, 0.5) is 0 Å². The summed E-state index contributed by atoms with van der Waals surface area (Å²) in [5.41, 5.74) is 1.13. The summed E-state index contributed by atoms with van der Waals surface area (Å²) < 4.78 is 0. The van der Waals surface area contributed by atoms with Gasteiger partial charge >= 0.3 is 0 Å². The lowest BCUT2D eigenvalue weighted by atomic mass is 10.5. The van der Waals surface area contributed by atoms with Gasteiger partial charge < -0.3 is 0 Å². The average molecular weight is 232 g/mol. The van der Waals surface area contributed by atoms with Crippen LogP contribution < -0.4 is 0 Å². The van der Waals surface area contributed by atoms with Crippen LogP contribution in [0.2, 0.25) is 0 Å². The minimum Gasteiger partial charge on any atom is -0.279 e. The van der Waals surface area contributed by atoms with Crippen molar-refractivity contribution in [2.75, 3.05) is 0 Å². The lowest BCUT2D eigenvalue weighted by molar-refractivity contribution is 0.108. The predicted octanol–water partition coefficient (Wildman–Crippen LogP) is 1.51. The Morgan fingerprint density at radius 1 is 1.25 bits per heavy atom. The molecule has 0 N–H and O–H groups in total. The SMILES string of the molecule is Cc1ccnc(SC(=O)c2cnccn2)n1. The molecule has 16 heavy (non-hydrogen) atoms. The average Bonchev–Trinajstić information content (AvgIpc) is 2.30. The summed E-state index contributed by atoms with van der Waals surface area (Å²) in [5, 5.41) is 0.217. The van der Waals surface area contributed by atoms with E-state index in [9.17, 15) is 4.79 Å². The van der Waals surface area contributed by atoms with Gasteiger partial charge in [-0.25, -0.2) is 15.0 Å². The van der Waals surface area contributed by atoms with Crippen LogP contribution in [0.1, 0.15) is 16.2 Å². The first-order valence-corrected chi connectivity index (χ1v) is 5.35. The van der Waals surface area contributed by atoms with Crippen molar-refractivity contribution >= 4 is 16.9 Å². The second kappa shape index (κ2) is 4.80. The summed E-state index contributed by atoms with van der Waals surface area (Å²) in [7, 11) is 0. The van der Waals surface area contributed by atoms with Gasteiger partial charge in [-0.3, -0.25) is 9.78 Å². The van der Waals surface area contributed by atoms with Crippen molar-refractivity contribution in [1.29, 1.82) is 0 Å². The Hall–Kier alpha value is -1.82. The number of hydrogen-bond acceptors (Lipinski definition) is 6. The van der Waals surface area contributed by atoms with Gasteiger partial charge in [0.2, 0.25) is 5.12 Å². The van der Waals surface area contributed by atoms with E-state index in [4.69, 9.17) is 0 Å². The van der Waals surface area contributed by atoms with Gasteiger partial charge in [0.05, 0.1) is 6.20 Å². The highest BCUT2D eigenvalue weighted by Crippen LogP contribution is 2.17. The topological polar surface area (TPSA) is 68.6 Å². The van der Waals surface area contributed by atoms with Crippen LogP contribution in [0, 0.1) is 6.92 Å². The lowest BCUT2D eigenvalue weighted by Crippen LogP contribution is -1.99. The van der Waals surface area contributed by atoms with E-state index in [1.807, 2.05) is 6.92 Å². The Bertz CT molecular complexity index is 503. The molecule has 0 unspecified atom stereocenters. The van der Waals surface area contributed by atoms with Gasteiger partial charge in [-0.1, -0.05) is 0 Å². The van der Waals surface area contributed by atoms with Gasteiger partial charge in [-0.2, -0.15) is 0 Å². The summed E-state index contributed by atoms with van der Waals surface area (Å²) in [4.78, 5) is 27.6. The van der Waals surface area contributed by atoms with E-state index >= 15 is 0 Å². The smallest absolute Gasteiger partial charge is 0.247 e. The standard InChI is InChI=1S/C10H8N4OS/c1-7-2-3-13-10(14-7)16-9(15)8-6-11-4-5-12-8/h2-6H,1H3. The van der Waals surface area contributed by atoms with Crippen molar-refractivity contribution in [3.05, 3.63) is 42.2 Å². The van der Waals surface area contributed by atoms with Crippen molar-refractivity contribution in [2.45, 2.75) is 12.1 Å². The van der Waals surface area contributed by atoms with Crippen LogP contribution in [-0.4, -0.2) is 25.1 Å². The molecule has 0 aliphatic heterocycles. The number of aromatic nitrogens is 4. The second-order valence-electron chi connectivity index (χ2n) is 2.96. The molecule has 0 atom stereocenters. The van der Waals surface area contributed by atoms with Crippen LogP contribution >= 0.6 is 11.8 Å². The van der Waals surface area contributed by atoms with E-state index in [1.54, 1.807) is 12.3 Å². The molecule has 0 bridgehead atoms. The third kappa shape index (κ3) is 2.60. The molecular formula is C10H8N4OS. The fourth-order valence-corrected chi connectivity index (χ4v) is 1.69. The number of aryl methyl sites for hydroxylation is 1. The molecular weight excluding hydrogens is 224 g/mol. The molecule has 0 aliphatic carbocycles. The van der Waals surface area contributed by atoms with Gasteiger partial charge in [0.25, 0.3) is 0 Å². The number of nitrogens with zero attached hydrogens (tertiary/aromatic N) is 4. The van der Waals surface area contributed by atoms with Crippen molar-refractivity contribution in [3.8, 4) is 0 Å². The Labute approximate surface area is 96.4 Å². The molecule has 2 aromatic heterocycles. The van der Waals surface area contributed by atoms with E-state index in [1.165, 1.54) is 18.6 Å². The molecule has 6 heteroatoms. The molecule has 0 spiro atoms. The van der Waals surface area contributed by atoms with E-state index in [0.717, 1.165) is 17.5 Å². The summed E-state index contributed by atoms with van der Waals surface area (Å²) in [5.74, 6) is 0. The highest BCUT2D eigenvalue weighted by Gasteiger charge is 2.11. The fourth-order valence-electron chi connectivity index (χ4n) is 1.01. The Morgan fingerprint density at radius 2 is 2.12 bits per heavy atom. The number of carbonyl (C=O) groups is 1. The molecule has 0 saturated carbocycles. The third-order valence-electron chi connectivity index (χ3n) is 1.73. The van der Waals surface area contributed by atoms with Gasteiger partial charge in [0.1, 0.15) is 5.69 Å². The number of thioether (sulfide) groups is 1. The van der Waals surface area contributed by atoms with Crippen LogP contribution in [0.15, 0.2) is 36.0 Å². The van der Waals surface area contributed by atoms with Crippen molar-refractivity contribution < 1.29 is 4.79 Å². The highest BCUT2D eigenvalue weighted by atomic mass is 32.2. The molecule has 2 rings (SSSR count). The minimum atomic E-state index is -0.210. The van der Waals surface area contributed by atoms with E-state index < -0.39 is 0 Å². The molecule has 80 valence electrons. The van der Waals surface area contributed by atoms with E-state index in [0.29, 0.717) is 10.9 Å². The van der Waals surface area contributed by atoms with Gasteiger partial charge in [0, 0.05) is 24.3 Å². The molecule has 5 nitrogen and oxygen atoms in total. The summed E-state index contributed by atoms with van der Waals surface area (Å²) in [6.45, 7) is 1.85. The van der Waals surface area contributed by atoms with Crippen LogP contribution in [0.5, 0.6) is 0 Å². The number of carbonyl (C=O) groups excluding carboxylic acids is 1. The first-order chi connectivity index (χ1) is 7.75. The minimum absolute atomic E-state index is 0.210. The summed E-state index contributed by atoms with van der Waals surface area (Å²) >= 11 is 0.947. The number of rotatable bonds is 2. The normalized spacial score (nSPS) is 10.1. The zero-order valence-corrected chi connectivity index (χ0v) is 9.31. The molecule has 0 aliphatic rings. The second-order valence-corrected chi connectivity index (χ2v) is 3.90. The molecule has 2 aromatic rings. The predicted molar refractivity (Wildman–Crippen MR) is 59.0 cm³/mol. The highest BCUT2D eigenvalue weighted by molar-refractivity contribution is 8.14. The van der Waals surface area contributed by atoms with Crippen molar-refractivity contribution in [3.63, 3.8) is 0 Å². The van der Waals surface area contributed by atoms with Gasteiger partial charge in [0.15, 0.2) is 5.16 Å². The maximum atomic E-state index is 11.7. The van der Waals surface area contributed by atoms with Crippen molar-refractivity contribution in [2.24, 2.45) is 0 Å². The van der Waals surface area contributed by atoms with E-state index in [2.05, 4.69) is 19.9 Å². The van der Waals surface area contributed by atoms with Crippen LogP contribution in [0.3, 0.4) is 0 Å². The molecule has 2 heterocycles. The lowest BCUT2D eigenvalue weighted by Gasteiger charge is -1.98. The van der Waals surface area contributed by atoms with Crippen LogP contribution in [-0.2, 0) is 0 Å². The zero-order chi connectivity index (χ0) is 11.4.